The molecule has 0 saturated heterocycles. The zero-order valence-electron chi connectivity index (χ0n) is 9.93. The molecular formula is C12H18Cl2N2. The van der Waals surface area contributed by atoms with Gasteiger partial charge >= 0.3 is 0 Å². The minimum atomic E-state index is 0.438. The number of hydrogen-bond donors (Lipinski definition) is 1. The molecule has 2 nitrogen and oxygen atoms in total. The monoisotopic (exact) mass is 260 g/mol. The number of rotatable bonds is 5. The number of nitrogens with zero attached hydrogens (tertiary/aromatic N) is 1. The Balaban J connectivity index is 2.48. The van der Waals surface area contributed by atoms with Crippen molar-refractivity contribution in [3.63, 3.8) is 0 Å². The number of nitrogens with one attached hydrogen (secondary N) is 1. The smallest absolute Gasteiger partial charge is 0.0424 e. The van der Waals surface area contributed by atoms with Gasteiger partial charge in [0.1, 0.15) is 0 Å². The van der Waals surface area contributed by atoms with Crippen molar-refractivity contribution in [2.24, 2.45) is 0 Å². The Kier molecular flexibility index (Phi) is 5.56. The number of benzene rings is 1. The first-order valence-electron chi connectivity index (χ1n) is 5.30. The lowest BCUT2D eigenvalue weighted by Crippen LogP contribution is -2.35. The van der Waals surface area contributed by atoms with E-state index >= 15 is 0 Å². The van der Waals surface area contributed by atoms with Crippen LogP contribution in [0.1, 0.15) is 12.5 Å². The van der Waals surface area contributed by atoms with Gasteiger partial charge in [-0.2, -0.15) is 0 Å². The van der Waals surface area contributed by atoms with Gasteiger partial charge in [-0.3, -0.25) is 0 Å². The molecule has 0 heterocycles. The maximum absolute atomic E-state index is 5.93. The number of hydrogen-bond acceptors (Lipinski definition) is 2. The zero-order chi connectivity index (χ0) is 12.1. The van der Waals surface area contributed by atoms with Crippen molar-refractivity contribution in [1.82, 2.24) is 10.2 Å². The Morgan fingerprint density at radius 3 is 2.25 bits per heavy atom. The Morgan fingerprint density at radius 2 is 1.75 bits per heavy atom. The fraction of sp³-hybridized carbons (Fsp3) is 0.500. The van der Waals surface area contributed by atoms with Crippen LogP contribution in [-0.2, 0) is 6.54 Å². The predicted octanol–water partition coefficient (Wildman–Crippen LogP) is 3.03. The van der Waals surface area contributed by atoms with Crippen LogP contribution in [0.3, 0.4) is 0 Å². The van der Waals surface area contributed by atoms with Gasteiger partial charge in [0.2, 0.25) is 0 Å². The molecular weight excluding hydrogens is 243 g/mol. The summed E-state index contributed by atoms with van der Waals surface area (Å²) in [6.45, 7) is 3.95. The van der Waals surface area contributed by atoms with E-state index in [1.165, 1.54) is 0 Å². The van der Waals surface area contributed by atoms with E-state index in [2.05, 4.69) is 31.2 Å². The first kappa shape index (κ1) is 13.8. The molecule has 0 aliphatic carbocycles. The first-order chi connectivity index (χ1) is 7.47. The third-order valence-electron chi connectivity index (χ3n) is 2.22. The third-order valence-corrected chi connectivity index (χ3v) is 2.65. The molecule has 0 aromatic heterocycles. The van der Waals surface area contributed by atoms with Gasteiger partial charge in [0.25, 0.3) is 0 Å². The third kappa shape index (κ3) is 5.17. The molecule has 0 aliphatic heterocycles. The molecule has 0 spiro atoms. The second kappa shape index (κ2) is 6.45. The summed E-state index contributed by atoms with van der Waals surface area (Å²) in [7, 11) is 4.13. The van der Waals surface area contributed by atoms with E-state index < -0.39 is 0 Å². The van der Waals surface area contributed by atoms with Crippen molar-refractivity contribution in [3.05, 3.63) is 33.8 Å². The summed E-state index contributed by atoms with van der Waals surface area (Å²) in [5.41, 5.74) is 1.11. The molecule has 90 valence electrons. The molecule has 1 aromatic carbocycles. The molecule has 4 heteroatoms. The second-order valence-electron chi connectivity index (χ2n) is 4.32. The summed E-state index contributed by atoms with van der Waals surface area (Å²) in [4.78, 5) is 2.16. The Hall–Kier alpha value is -0.280. The van der Waals surface area contributed by atoms with E-state index in [4.69, 9.17) is 23.2 Å². The van der Waals surface area contributed by atoms with Crippen molar-refractivity contribution in [1.29, 1.82) is 0 Å². The second-order valence-corrected chi connectivity index (χ2v) is 5.19. The van der Waals surface area contributed by atoms with Gasteiger partial charge in [-0.25, -0.2) is 0 Å². The van der Waals surface area contributed by atoms with Crippen molar-refractivity contribution >= 4 is 23.2 Å². The summed E-state index contributed by atoms with van der Waals surface area (Å²) >= 11 is 11.9. The van der Waals surface area contributed by atoms with Crippen LogP contribution in [0.2, 0.25) is 10.0 Å². The molecule has 1 rings (SSSR count). The van der Waals surface area contributed by atoms with Gasteiger partial charge in [0.15, 0.2) is 0 Å². The van der Waals surface area contributed by atoms with Crippen LogP contribution in [0, 0.1) is 0 Å². The van der Waals surface area contributed by atoms with E-state index in [-0.39, 0.29) is 0 Å². The van der Waals surface area contributed by atoms with Gasteiger partial charge in [-0.05, 0) is 44.8 Å². The van der Waals surface area contributed by atoms with Crippen molar-refractivity contribution in [2.45, 2.75) is 19.5 Å². The maximum atomic E-state index is 5.93. The van der Waals surface area contributed by atoms with Crippen molar-refractivity contribution in [3.8, 4) is 0 Å². The SMILES string of the molecule is CC(CN(C)C)NCc1cc(Cl)cc(Cl)c1. The minimum absolute atomic E-state index is 0.438. The molecule has 16 heavy (non-hydrogen) atoms. The predicted molar refractivity (Wildman–Crippen MR) is 71.3 cm³/mol. The summed E-state index contributed by atoms with van der Waals surface area (Å²) in [5.74, 6) is 0. The fourth-order valence-corrected chi connectivity index (χ4v) is 2.19. The summed E-state index contributed by atoms with van der Waals surface area (Å²) in [5, 5.41) is 4.80. The van der Waals surface area contributed by atoms with Crippen molar-refractivity contribution in [2.75, 3.05) is 20.6 Å². The lowest BCUT2D eigenvalue weighted by Gasteiger charge is -2.18. The molecule has 1 N–H and O–H groups in total. The van der Waals surface area contributed by atoms with Crippen LogP contribution < -0.4 is 5.32 Å². The average molecular weight is 261 g/mol. The highest BCUT2D eigenvalue weighted by Gasteiger charge is 2.03. The number of halogens is 2. The van der Waals surface area contributed by atoms with Crippen LogP contribution in [0.4, 0.5) is 0 Å². The number of likely N-dealkylation sites (N-methyl/N-ethyl adjacent to an activating group) is 1. The normalized spacial score (nSPS) is 13.1. The van der Waals surface area contributed by atoms with E-state index in [0.717, 1.165) is 18.7 Å². The molecule has 0 amide bonds. The summed E-state index contributed by atoms with van der Waals surface area (Å²) in [6.07, 6.45) is 0. The molecule has 1 atom stereocenters. The summed E-state index contributed by atoms with van der Waals surface area (Å²) in [6, 6.07) is 6.05. The molecule has 1 unspecified atom stereocenters. The molecule has 0 aliphatic rings. The highest BCUT2D eigenvalue weighted by atomic mass is 35.5. The van der Waals surface area contributed by atoms with Crippen molar-refractivity contribution < 1.29 is 0 Å². The van der Waals surface area contributed by atoms with Crippen LogP contribution >= 0.6 is 23.2 Å². The van der Waals surface area contributed by atoms with Crippen LogP contribution in [0.25, 0.3) is 0 Å². The Labute approximate surface area is 108 Å². The minimum Gasteiger partial charge on any atom is -0.309 e. The lowest BCUT2D eigenvalue weighted by molar-refractivity contribution is 0.349. The molecule has 0 bridgehead atoms. The van der Waals surface area contributed by atoms with Gasteiger partial charge in [-0.15, -0.1) is 0 Å². The van der Waals surface area contributed by atoms with Crippen LogP contribution in [0.15, 0.2) is 18.2 Å². The molecule has 1 aromatic rings. The highest BCUT2D eigenvalue weighted by Crippen LogP contribution is 2.18. The summed E-state index contributed by atoms with van der Waals surface area (Å²) < 4.78 is 0. The first-order valence-corrected chi connectivity index (χ1v) is 6.06. The topological polar surface area (TPSA) is 15.3 Å². The maximum Gasteiger partial charge on any atom is 0.0424 e. The van der Waals surface area contributed by atoms with Crippen LogP contribution in [-0.4, -0.2) is 31.6 Å². The quantitative estimate of drug-likeness (QED) is 0.876. The zero-order valence-corrected chi connectivity index (χ0v) is 11.4. The Morgan fingerprint density at radius 1 is 1.19 bits per heavy atom. The largest absolute Gasteiger partial charge is 0.309 e. The lowest BCUT2D eigenvalue weighted by atomic mass is 10.2. The van der Waals surface area contributed by atoms with E-state index in [1.54, 1.807) is 6.07 Å². The standard InChI is InChI=1S/C12H18Cl2N2/c1-9(8-16(2)3)15-7-10-4-11(13)6-12(14)5-10/h4-6,9,15H,7-8H2,1-3H3. The Bertz CT molecular complexity index is 320. The molecule has 0 saturated carbocycles. The molecule has 0 radical (unpaired) electrons. The highest BCUT2D eigenvalue weighted by molar-refractivity contribution is 6.34. The van der Waals surface area contributed by atoms with Gasteiger partial charge in [0.05, 0.1) is 0 Å². The average Bonchev–Trinajstić information content (AvgIpc) is 2.12. The molecule has 0 fully saturated rings. The van der Waals surface area contributed by atoms with E-state index in [0.29, 0.717) is 16.1 Å². The van der Waals surface area contributed by atoms with Gasteiger partial charge in [0, 0.05) is 29.2 Å². The fourth-order valence-electron chi connectivity index (χ4n) is 1.62. The van der Waals surface area contributed by atoms with Crippen LogP contribution in [0.5, 0.6) is 0 Å². The van der Waals surface area contributed by atoms with E-state index in [1.807, 2.05) is 12.1 Å². The van der Waals surface area contributed by atoms with E-state index in [9.17, 15) is 0 Å². The van der Waals surface area contributed by atoms with Gasteiger partial charge < -0.3 is 10.2 Å². The van der Waals surface area contributed by atoms with Gasteiger partial charge in [-0.1, -0.05) is 23.2 Å².